The highest BCUT2D eigenvalue weighted by molar-refractivity contribution is 7.99. The number of amides is 1. The Morgan fingerprint density at radius 1 is 1.24 bits per heavy atom. The van der Waals surface area contributed by atoms with Crippen LogP contribution in [-0.4, -0.2) is 87.4 Å². The molecule has 0 saturated carbocycles. The molecule has 200 valence electrons. The molecule has 1 unspecified atom stereocenters. The van der Waals surface area contributed by atoms with Gasteiger partial charge in [-0.25, -0.2) is 15.0 Å². The molecule has 5 heterocycles. The maximum Gasteiger partial charge on any atom is 0.219 e. The molecule has 10 nitrogen and oxygen atoms in total. The van der Waals surface area contributed by atoms with Gasteiger partial charge in [-0.1, -0.05) is 23.4 Å². The number of carbonyl (C=O) groups excluding carboxylic acids is 1. The highest BCUT2D eigenvalue weighted by Gasteiger charge is 2.47. The SMILES string of the molecule is CC(=O)N1C[C@@H](N)C2(CCN(c3ncc(Sc4ccnc(N5CCCC5CO)c4Cl)nc3CO)CC2)C1. The van der Waals surface area contributed by atoms with E-state index in [0.29, 0.717) is 40.5 Å². The van der Waals surface area contributed by atoms with Crippen LogP contribution in [0.25, 0.3) is 0 Å². The average Bonchev–Trinajstić information content (AvgIpc) is 3.50. The quantitative estimate of drug-likeness (QED) is 0.492. The second-order valence-corrected chi connectivity index (χ2v) is 11.7. The number of rotatable bonds is 6. The van der Waals surface area contributed by atoms with E-state index in [1.807, 2.05) is 11.0 Å². The van der Waals surface area contributed by atoms with Gasteiger partial charge in [-0.05, 0) is 31.7 Å². The van der Waals surface area contributed by atoms with Crippen molar-refractivity contribution in [3.05, 3.63) is 29.2 Å². The number of nitrogens with two attached hydrogens (primary N) is 1. The molecule has 37 heavy (non-hydrogen) atoms. The lowest BCUT2D eigenvalue weighted by Gasteiger charge is -2.42. The van der Waals surface area contributed by atoms with Crippen molar-refractivity contribution in [1.82, 2.24) is 19.9 Å². The summed E-state index contributed by atoms with van der Waals surface area (Å²) in [6.45, 7) is 5.06. The van der Waals surface area contributed by atoms with E-state index in [9.17, 15) is 15.0 Å². The molecule has 3 aliphatic heterocycles. The van der Waals surface area contributed by atoms with E-state index < -0.39 is 0 Å². The van der Waals surface area contributed by atoms with Crippen molar-refractivity contribution in [2.75, 3.05) is 49.1 Å². The van der Waals surface area contributed by atoms with Crippen molar-refractivity contribution in [3.63, 3.8) is 0 Å². The first-order valence-electron chi connectivity index (χ1n) is 12.8. The van der Waals surface area contributed by atoms with E-state index in [4.69, 9.17) is 22.3 Å². The Hall–Kier alpha value is -2.18. The number of anilines is 2. The van der Waals surface area contributed by atoms with Gasteiger partial charge in [0.05, 0.1) is 30.5 Å². The molecular formula is C25H34ClN7O3S. The molecule has 3 aliphatic rings. The number of nitrogens with zero attached hydrogens (tertiary/aromatic N) is 6. The van der Waals surface area contributed by atoms with Crippen LogP contribution in [0.15, 0.2) is 28.4 Å². The van der Waals surface area contributed by atoms with E-state index >= 15 is 0 Å². The Balaban J connectivity index is 1.30. The van der Waals surface area contributed by atoms with Crippen molar-refractivity contribution < 1.29 is 15.0 Å². The molecule has 1 amide bonds. The molecule has 12 heteroatoms. The molecule has 1 spiro atoms. The summed E-state index contributed by atoms with van der Waals surface area (Å²) in [6, 6.07) is 1.84. The summed E-state index contributed by atoms with van der Waals surface area (Å²) < 4.78 is 0. The lowest BCUT2D eigenvalue weighted by Crippen LogP contribution is -2.49. The van der Waals surface area contributed by atoms with E-state index in [2.05, 4.69) is 19.8 Å². The number of pyridine rings is 1. The third-order valence-electron chi connectivity index (χ3n) is 8.07. The fourth-order valence-electron chi connectivity index (χ4n) is 5.86. The highest BCUT2D eigenvalue weighted by Crippen LogP contribution is 2.42. The average molecular weight is 548 g/mol. The monoisotopic (exact) mass is 547 g/mol. The molecule has 0 aliphatic carbocycles. The number of likely N-dealkylation sites (tertiary alicyclic amines) is 1. The van der Waals surface area contributed by atoms with Gasteiger partial charge in [0.2, 0.25) is 5.91 Å². The summed E-state index contributed by atoms with van der Waals surface area (Å²) in [6.07, 6.45) is 7.06. The van der Waals surface area contributed by atoms with Crippen molar-refractivity contribution >= 4 is 40.9 Å². The third-order valence-corrected chi connectivity index (χ3v) is 9.52. The minimum absolute atomic E-state index is 0.0241. The van der Waals surface area contributed by atoms with Crippen LogP contribution in [0.4, 0.5) is 11.6 Å². The summed E-state index contributed by atoms with van der Waals surface area (Å²) in [5.41, 5.74) is 6.93. The molecule has 3 fully saturated rings. The number of aromatic nitrogens is 3. The predicted octanol–water partition coefficient (Wildman–Crippen LogP) is 1.91. The standard InChI is InChI=1S/C25H34ClN7O3S/c1-16(36)32-12-20(27)25(15-32)5-9-31(10-6-25)23-18(14-35)30-21(11-29-23)37-19-4-7-28-24(22(19)26)33-8-2-3-17(33)13-34/h4,7,11,17,20,34-35H,2-3,5-6,8-10,12-15,27H2,1H3/t17?,20-/m1/s1. The Morgan fingerprint density at radius 3 is 2.70 bits per heavy atom. The molecule has 2 aromatic heterocycles. The van der Waals surface area contributed by atoms with Crippen LogP contribution in [0.5, 0.6) is 0 Å². The molecule has 0 bridgehead atoms. The zero-order valence-electron chi connectivity index (χ0n) is 21.0. The number of halogens is 1. The highest BCUT2D eigenvalue weighted by atomic mass is 35.5. The molecule has 0 aromatic carbocycles. The molecule has 2 atom stereocenters. The van der Waals surface area contributed by atoms with E-state index in [-0.39, 0.29) is 36.6 Å². The van der Waals surface area contributed by atoms with Crippen molar-refractivity contribution in [2.24, 2.45) is 11.1 Å². The van der Waals surface area contributed by atoms with Crippen LogP contribution in [0.2, 0.25) is 5.02 Å². The van der Waals surface area contributed by atoms with Gasteiger partial charge in [0.25, 0.3) is 0 Å². The van der Waals surface area contributed by atoms with Crippen molar-refractivity contribution in [2.45, 2.75) is 61.2 Å². The minimum atomic E-state index is -0.225. The minimum Gasteiger partial charge on any atom is -0.394 e. The number of aliphatic hydroxyl groups excluding tert-OH is 2. The zero-order chi connectivity index (χ0) is 26.2. The van der Waals surface area contributed by atoms with Gasteiger partial charge in [0, 0.05) is 62.2 Å². The Morgan fingerprint density at radius 2 is 2.03 bits per heavy atom. The summed E-state index contributed by atoms with van der Waals surface area (Å²) in [5.74, 6) is 1.43. The summed E-state index contributed by atoms with van der Waals surface area (Å²) >= 11 is 8.12. The van der Waals surface area contributed by atoms with Gasteiger partial charge < -0.3 is 30.6 Å². The topological polar surface area (TPSA) is 132 Å². The molecular weight excluding hydrogens is 514 g/mol. The van der Waals surface area contributed by atoms with Gasteiger partial charge in [-0.2, -0.15) is 0 Å². The second kappa shape index (κ2) is 10.9. The van der Waals surface area contributed by atoms with E-state index in [1.165, 1.54) is 11.8 Å². The zero-order valence-corrected chi connectivity index (χ0v) is 22.6. The Bertz CT molecular complexity index is 1150. The van der Waals surface area contributed by atoms with Gasteiger partial charge in [0.1, 0.15) is 16.5 Å². The summed E-state index contributed by atoms with van der Waals surface area (Å²) in [7, 11) is 0. The Kier molecular flexibility index (Phi) is 7.78. The van der Waals surface area contributed by atoms with Crippen LogP contribution in [0.1, 0.15) is 38.3 Å². The molecule has 5 rings (SSSR count). The number of carbonyl (C=O) groups is 1. The first kappa shape index (κ1) is 26.4. The first-order valence-corrected chi connectivity index (χ1v) is 14.0. The molecule has 2 aromatic rings. The maximum absolute atomic E-state index is 11.9. The van der Waals surface area contributed by atoms with Gasteiger partial charge in [-0.15, -0.1) is 0 Å². The van der Waals surface area contributed by atoms with Crippen LogP contribution in [0, 0.1) is 5.41 Å². The number of hydrogen-bond donors (Lipinski definition) is 3. The molecule has 4 N–H and O–H groups in total. The first-order chi connectivity index (χ1) is 17.8. The van der Waals surface area contributed by atoms with E-state index in [0.717, 1.165) is 50.2 Å². The number of aliphatic hydroxyl groups is 2. The van der Waals surface area contributed by atoms with Gasteiger partial charge in [0.15, 0.2) is 5.82 Å². The molecule has 0 radical (unpaired) electrons. The predicted molar refractivity (Wildman–Crippen MR) is 143 cm³/mol. The maximum atomic E-state index is 11.9. The Labute approximate surface area is 226 Å². The van der Waals surface area contributed by atoms with Gasteiger partial charge in [-0.3, -0.25) is 4.79 Å². The van der Waals surface area contributed by atoms with Crippen LogP contribution >= 0.6 is 23.4 Å². The fourth-order valence-corrected chi connectivity index (χ4v) is 6.99. The van der Waals surface area contributed by atoms with Crippen LogP contribution < -0.4 is 15.5 Å². The lowest BCUT2D eigenvalue weighted by atomic mass is 9.75. The lowest BCUT2D eigenvalue weighted by molar-refractivity contribution is -0.128. The van der Waals surface area contributed by atoms with Crippen LogP contribution in [0.3, 0.4) is 0 Å². The summed E-state index contributed by atoms with van der Waals surface area (Å²) in [4.78, 5) is 32.6. The second-order valence-electron chi connectivity index (χ2n) is 10.2. The fraction of sp³-hybridized carbons (Fsp3) is 0.600. The number of piperidine rings is 1. The van der Waals surface area contributed by atoms with E-state index in [1.54, 1.807) is 19.3 Å². The normalized spacial score (nSPS) is 23.3. The number of hydrogen-bond acceptors (Lipinski definition) is 10. The van der Waals surface area contributed by atoms with Crippen molar-refractivity contribution in [3.8, 4) is 0 Å². The largest absolute Gasteiger partial charge is 0.394 e. The molecule has 3 saturated heterocycles. The van der Waals surface area contributed by atoms with Crippen molar-refractivity contribution in [1.29, 1.82) is 0 Å². The smallest absolute Gasteiger partial charge is 0.219 e. The van der Waals surface area contributed by atoms with Gasteiger partial charge >= 0.3 is 0 Å². The van der Waals surface area contributed by atoms with Crippen LogP contribution in [-0.2, 0) is 11.4 Å². The summed E-state index contributed by atoms with van der Waals surface area (Å²) in [5, 5.41) is 21.0. The third kappa shape index (κ3) is 5.12.